The van der Waals surface area contributed by atoms with Crippen LogP contribution in [-0.4, -0.2) is 10.5 Å². The summed E-state index contributed by atoms with van der Waals surface area (Å²) in [7, 11) is 0. The van der Waals surface area contributed by atoms with E-state index in [0.29, 0.717) is 0 Å². The SMILES string of the molecule is Cc1cc2sc3cc4c(cc3c2cc1-c1cccnc1C)NC1(C)CC=C(c2ccc3ccccc3c2)C=C41. The molecule has 6 aromatic rings. The lowest BCUT2D eigenvalue weighted by Crippen LogP contribution is -2.32. The number of nitrogens with zero attached hydrogens (tertiary/aromatic N) is 1. The van der Waals surface area contributed by atoms with Crippen molar-refractivity contribution in [1.29, 1.82) is 0 Å². The third-order valence-electron chi connectivity index (χ3n) is 8.66. The van der Waals surface area contributed by atoms with Crippen LogP contribution in [0.25, 0.3) is 53.2 Å². The first-order valence-electron chi connectivity index (χ1n) is 13.6. The quantitative estimate of drug-likeness (QED) is 0.246. The Balaban J connectivity index is 1.26. The molecule has 2 aromatic heterocycles. The number of anilines is 1. The number of pyridine rings is 1. The minimum absolute atomic E-state index is 0.0868. The number of thiophene rings is 1. The van der Waals surface area contributed by atoms with Gasteiger partial charge in [0.05, 0.1) is 5.54 Å². The highest BCUT2D eigenvalue weighted by molar-refractivity contribution is 7.25. The monoisotopic (exact) mass is 520 g/mol. The topological polar surface area (TPSA) is 24.9 Å². The maximum Gasteiger partial charge on any atom is 0.0638 e. The first kappa shape index (κ1) is 22.7. The van der Waals surface area contributed by atoms with Gasteiger partial charge in [0.25, 0.3) is 0 Å². The number of hydrogen-bond acceptors (Lipinski definition) is 3. The third kappa shape index (κ3) is 3.43. The Morgan fingerprint density at radius 1 is 0.795 bits per heavy atom. The summed E-state index contributed by atoms with van der Waals surface area (Å²) >= 11 is 1.90. The third-order valence-corrected chi connectivity index (χ3v) is 9.78. The van der Waals surface area contributed by atoms with Gasteiger partial charge in [-0.2, -0.15) is 0 Å². The Bertz CT molecular complexity index is 2060. The summed E-state index contributed by atoms with van der Waals surface area (Å²) in [6.07, 6.45) is 7.65. The maximum atomic E-state index is 4.55. The van der Waals surface area contributed by atoms with Crippen molar-refractivity contribution < 1.29 is 0 Å². The van der Waals surface area contributed by atoms with Crippen molar-refractivity contribution in [3.8, 4) is 11.1 Å². The zero-order chi connectivity index (χ0) is 26.3. The maximum absolute atomic E-state index is 4.55. The summed E-state index contributed by atoms with van der Waals surface area (Å²) in [5, 5.41) is 9.14. The minimum Gasteiger partial charge on any atom is -0.375 e. The minimum atomic E-state index is -0.0868. The van der Waals surface area contributed by atoms with Crippen LogP contribution in [0.4, 0.5) is 5.69 Å². The Morgan fingerprint density at radius 2 is 1.62 bits per heavy atom. The molecule has 188 valence electrons. The highest BCUT2D eigenvalue weighted by Gasteiger charge is 2.39. The largest absolute Gasteiger partial charge is 0.375 e. The van der Waals surface area contributed by atoms with Crippen LogP contribution < -0.4 is 5.32 Å². The fourth-order valence-electron chi connectivity index (χ4n) is 6.51. The van der Waals surface area contributed by atoms with E-state index in [1.165, 1.54) is 75.6 Å². The molecule has 0 saturated carbocycles. The molecule has 4 aromatic carbocycles. The molecule has 0 amide bonds. The van der Waals surface area contributed by atoms with Gasteiger partial charge in [-0.3, -0.25) is 4.98 Å². The standard InChI is InChI=1S/C36H28N2S/c1-21-15-34-29(18-28(21)27-9-6-14-37-22(27)2)30-19-33-31(20-35(30)39-34)32-17-26(12-13-36(32,3)38-33)25-11-10-23-7-4-5-8-24(23)16-25/h4-12,14-20,38H,13H2,1-3H3. The molecule has 8 rings (SSSR count). The van der Waals surface area contributed by atoms with Crippen LogP contribution in [0.15, 0.2) is 97.2 Å². The van der Waals surface area contributed by atoms with E-state index in [1.54, 1.807) is 0 Å². The van der Waals surface area contributed by atoms with Crippen molar-refractivity contribution >= 4 is 59.1 Å². The van der Waals surface area contributed by atoms with Gasteiger partial charge in [0.15, 0.2) is 0 Å². The average molecular weight is 521 g/mol. The Labute approximate surface area is 232 Å². The van der Waals surface area contributed by atoms with Crippen molar-refractivity contribution in [2.75, 3.05) is 5.32 Å². The van der Waals surface area contributed by atoms with Gasteiger partial charge >= 0.3 is 0 Å². The number of aryl methyl sites for hydroxylation is 2. The number of allylic oxidation sites excluding steroid dienone is 2. The molecule has 0 spiro atoms. The number of aromatic nitrogens is 1. The molecule has 1 unspecified atom stereocenters. The summed E-state index contributed by atoms with van der Waals surface area (Å²) in [5.41, 5.74) is 11.3. The number of benzene rings is 4. The molecule has 0 saturated heterocycles. The smallest absolute Gasteiger partial charge is 0.0638 e. The lowest BCUT2D eigenvalue weighted by atomic mass is 9.80. The summed E-state index contributed by atoms with van der Waals surface area (Å²) in [6.45, 7) is 6.65. The van der Waals surface area contributed by atoms with Gasteiger partial charge in [-0.15, -0.1) is 11.3 Å². The lowest BCUT2D eigenvalue weighted by Gasteiger charge is -2.30. The second-order valence-corrected chi connectivity index (χ2v) is 12.3. The molecule has 0 bridgehead atoms. The number of nitrogens with one attached hydrogen (secondary N) is 1. The average Bonchev–Trinajstić information content (AvgIpc) is 3.43. The van der Waals surface area contributed by atoms with Crippen LogP contribution in [0.2, 0.25) is 0 Å². The molecule has 39 heavy (non-hydrogen) atoms. The summed E-state index contributed by atoms with van der Waals surface area (Å²) in [5.74, 6) is 0. The second kappa shape index (κ2) is 8.14. The molecular weight excluding hydrogens is 492 g/mol. The van der Waals surface area contributed by atoms with E-state index < -0.39 is 0 Å². The molecule has 1 aliphatic heterocycles. The molecule has 1 N–H and O–H groups in total. The van der Waals surface area contributed by atoms with Crippen molar-refractivity contribution in [3.63, 3.8) is 0 Å². The first-order valence-corrected chi connectivity index (χ1v) is 14.4. The first-order chi connectivity index (χ1) is 19.0. The molecular formula is C36H28N2S. The van der Waals surface area contributed by atoms with Crippen LogP contribution in [0, 0.1) is 13.8 Å². The van der Waals surface area contributed by atoms with E-state index in [1.807, 2.05) is 23.6 Å². The fraction of sp³-hybridized carbons (Fsp3) is 0.139. The van der Waals surface area contributed by atoms with Crippen LogP contribution in [0.1, 0.15) is 35.7 Å². The van der Waals surface area contributed by atoms with Gasteiger partial charge in [0.1, 0.15) is 0 Å². The Morgan fingerprint density at radius 3 is 2.49 bits per heavy atom. The molecule has 3 heterocycles. The molecule has 2 nitrogen and oxygen atoms in total. The fourth-order valence-corrected chi connectivity index (χ4v) is 7.72. The van der Waals surface area contributed by atoms with Crippen LogP contribution >= 0.6 is 11.3 Å². The molecule has 1 atom stereocenters. The van der Waals surface area contributed by atoms with Crippen LogP contribution in [-0.2, 0) is 0 Å². The van der Waals surface area contributed by atoms with Crippen molar-refractivity contribution in [2.24, 2.45) is 0 Å². The van der Waals surface area contributed by atoms with E-state index in [9.17, 15) is 0 Å². The normalized spacial score (nSPS) is 18.1. The molecule has 0 radical (unpaired) electrons. The van der Waals surface area contributed by atoms with Crippen molar-refractivity contribution in [3.05, 3.63) is 120 Å². The van der Waals surface area contributed by atoms with Crippen LogP contribution in [0.3, 0.4) is 0 Å². The molecule has 1 aliphatic carbocycles. The Hall–Kier alpha value is -4.21. The zero-order valence-electron chi connectivity index (χ0n) is 22.3. The number of rotatable bonds is 2. The second-order valence-electron chi connectivity index (χ2n) is 11.2. The lowest BCUT2D eigenvalue weighted by molar-refractivity contribution is 0.679. The van der Waals surface area contributed by atoms with E-state index in [2.05, 4.69) is 116 Å². The highest BCUT2D eigenvalue weighted by atomic mass is 32.1. The molecule has 0 fully saturated rings. The van der Waals surface area contributed by atoms with Gasteiger partial charge in [-0.25, -0.2) is 0 Å². The summed E-state index contributed by atoms with van der Waals surface area (Å²) in [4.78, 5) is 4.55. The summed E-state index contributed by atoms with van der Waals surface area (Å²) in [6, 6.07) is 29.2. The predicted molar refractivity (Wildman–Crippen MR) is 169 cm³/mol. The van der Waals surface area contributed by atoms with E-state index in [-0.39, 0.29) is 5.54 Å². The van der Waals surface area contributed by atoms with E-state index >= 15 is 0 Å². The van der Waals surface area contributed by atoms with Gasteiger partial charge in [0.2, 0.25) is 0 Å². The Kier molecular flexibility index (Phi) is 4.75. The molecule has 2 aliphatic rings. The van der Waals surface area contributed by atoms with Gasteiger partial charge in [-0.1, -0.05) is 48.5 Å². The van der Waals surface area contributed by atoms with Crippen molar-refractivity contribution in [2.45, 2.75) is 32.7 Å². The summed E-state index contributed by atoms with van der Waals surface area (Å²) < 4.78 is 2.69. The number of hydrogen-bond donors (Lipinski definition) is 1. The van der Waals surface area contributed by atoms with Crippen LogP contribution in [0.5, 0.6) is 0 Å². The van der Waals surface area contributed by atoms with Gasteiger partial charge in [-0.05, 0) is 108 Å². The highest BCUT2D eigenvalue weighted by Crippen LogP contribution is 2.51. The molecule has 3 heteroatoms. The predicted octanol–water partition coefficient (Wildman–Crippen LogP) is 9.94. The van der Waals surface area contributed by atoms with E-state index in [0.717, 1.165) is 12.1 Å². The zero-order valence-corrected chi connectivity index (χ0v) is 23.1. The van der Waals surface area contributed by atoms with Gasteiger partial charge in [0, 0.05) is 48.9 Å². The van der Waals surface area contributed by atoms with Crippen molar-refractivity contribution in [1.82, 2.24) is 4.98 Å². The number of fused-ring (bicyclic) bond motifs is 7. The van der Waals surface area contributed by atoms with Gasteiger partial charge < -0.3 is 5.32 Å². The van der Waals surface area contributed by atoms with E-state index in [4.69, 9.17) is 0 Å².